The predicted octanol–water partition coefficient (Wildman–Crippen LogP) is 1.31. The first-order valence-corrected chi connectivity index (χ1v) is 5.03. The standard InChI is InChI=1S/C11H16N2O3/c1-8(2)7-15-5-4-12-11(14)10-6-9(3)16-13-10/h6H,1,4-5,7H2,2-3H3,(H,12,14). The Morgan fingerprint density at radius 1 is 1.69 bits per heavy atom. The molecule has 1 aromatic heterocycles. The van der Waals surface area contributed by atoms with Crippen LogP contribution in [0, 0.1) is 6.92 Å². The molecule has 0 spiro atoms. The molecule has 0 aromatic carbocycles. The smallest absolute Gasteiger partial charge is 0.273 e. The molecule has 0 aliphatic carbocycles. The summed E-state index contributed by atoms with van der Waals surface area (Å²) < 4.78 is 10.0. The highest BCUT2D eigenvalue weighted by Crippen LogP contribution is 2.00. The second-order valence-corrected chi connectivity index (χ2v) is 3.59. The lowest BCUT2D eigenvalue weighted by Gasteiger charge is -2.04. The van der Waals surface area contributed by atoms with Crippen LogP contribution < -0.4 is 5.32 Å². The van der Waals surface area contributed by atoms with Crippen LogP contribution in [-0.2, 0) is 4.74 Å². The van der Waals surface area contributed by atoms with Crippen LogP contribution in [0.15, 0.2) is 22.7 Å². The maximum absolute atomic E-state index is 11.4. The molecular weight excluding hydrogens is 208 g/mol. The van der Waals surface area contributed by atoms with Crippen molar-refractivity contribution in [3.8, 4) is 0 Å². The number of aryl methyl sites for hydroxylation is 1. The van der Waals surface area contributed by atoms with Gasteiger partial charge in [-0.25, -0.2) is 0 Å². The monoisotopic (exact) mass is 224 g/mol. The highest BCUT2D eigenvalue weighted by Gasteiger charge is 2.09. The summed E-state index contributed by atoms with van der Waals surface area (Å²) >= 11 is 0. The fourth-order valence-corrected chi connectivity index (χ4v) is 1.05. The van der Waals surface area contributed by atoms with E-state index in [1.54, 1.807) is 13.0 Å². The van der Waals surface area contributed by atoms with Gasteiger partial charge < -0.3 is 14.6 Å². The number of carbonyl (C=O) groups is 1. The number of aromatic nitrogens is 1. The van der Waals surface area contributed by atoms with E-state index in [1.807, 2.05) is 6.92 Å². The number of nitrogens with one attached hydrogen (secondary N) is 1. The van der Waals surface area contributed by atoms with Gasteiger partial charge in [-0.1, -0.05) is 17.3 Å². The number of hydrogen-bond acceptors (Lipinski definition) is 4. The van der Waals surface area contributed by atoms with Crippen molar-refractivity contribution >= 4 is 5.91 Å². The Morgan fingerprint density at radius 2 is 2.44 bits per heavy atom. The molecule has 0 saturated carbocycles. The Morgan fingerprint density at radius 3 is 3.00 bits per heavy atom. The molecule has 0 atom stereocenters. The summed E-state index contributed by atoms with van der Waals surface area (Å²) in [6.45, 7) is 8.73. The molecule has 1 N–H and O–H groups in total. The van der Waals surface area contributed by atoms with E-state index in [-0.39, 0.29) is 11.6 Å². The van der Waals surface area contributed by atoms with Crippen molar-refractivity contribution in [2.75, 3.05) is 19.8 Å². The Kier molecular flexibility index (Phi) is 4.72. The summed E-state index contributed by atoms with van der Waals surface area (Å²) in [5, 5.41) is 6.27. The van der Waals surface area contributed by atoms with Crippen molar-refractivity contribution in [1.29, 1.82) is 0 Å². The topological polar surface area (TPSA) is 64.4 Å². The summed E-state index contributed by atoms with van der Waals surface area (Å²) in [5.41, 5.74) is 1.25. The Bertz CT molecular complexity index is 371. The molecule has 1 heterocycles. The minimum absolute atomic E-state index is 0.254. The fourth-order valence-electron chi connectivity index (χ4n) is 1.05. The first-order chi connectivity index (χ1) is 7.59. The van der Waals surface area contributed by atoms with Crippen molar-refractivity contribution in [2.24, 2.45) is 0 Å². The van der Waals surface area contributed by atoms with Crippen LogP contribution in [0.5, 0.6) is 0 Å². The molecule has 0 aliphatic heterocycles. The molecule has 0 saturated heterocycles. The minimum Gasteiger partial charge on any atom is -0.375 e. The number of carbonyl (C=O) groups excluding carboxylic acids is 1. The number of hydrogen-bond donors (Lipinski definition) is 1. The molecule has 5 heteroatoms. The van der Waals surface area contributed by atoms with Crippen molar-refractivity contribution in [3.63, 3.8) is 0 Å². The largest absolute Gasteiger partial charge is 0.375 e. The average molecular weight is 224 g/mol. The summed E-state index contributed by atoms with van der Waals surface area (Å²) in [4.78, 5) is 11.4. The van der Waals surface area contributed by atoms with E-state index < -0.39 is 0 Å². The van der Waals surface area contributed by atoms with Crippen molar-refractivity contribution in [2.45, 2.75) is 13.8 Å². The number of ether oxygens (including phenoxy) is 1. The lowest BCUT2D eigenvalue weighted by Crippen LogP contribution is -2.27. The zero-order chi connectivity index (χ0) is 12.0. The van der Waals surface area contributed by atoms with Gasteiger partial charge in [0.2, 0.25) is 0 Å². The summed E-state index contributed by atoms with van der Waals surface area (Å²) in [6.07, 6.45) is 0. The van der Waals surface area contributed by atoms with Gasteiger partial charge in [0.05, 0.1) is 13.2 Å². The van der Waals surface area contributed by atoms with Crippen LogP contribution >= 0.6 is 0 Å². The van der Waals surface area contributed by atoms with Crippen molar-refractivity contribution in [3.05, 3.63) is 29.7 Å². The molecular formula is C11H16N2O3. The van der Waals surface area contributed by atoms with Crippen LogP contribution in [0.2, 0.25) is 0 Å². The third kappa shape index (κ3) is 4.27. The van der Waals surface area contributed by atoms with E-state index >= 15 is 0 Å². The third-order valence-electron chi connectivity index (χ3n) is 1.74. The summed E-state index contributed by atoms with van der Waals surface area (Å²) in [7, 11) is 0. The molecule has 0 radical (unpaired) electrons. The lowest BCUT2D eigenvalue weighted by molar-refractivity contribution is 0.0918. The first kappa shape index (κ1) is 12.4. The average Bonchev–Trinajstić information content (AvgIpc) is 2.63. The van der Waals surface area contributed by atoms with Crippen molar-refractivity contribution < 1.29 is 14.1 Å². The van der Waals surface area contributed by atoms with E-state index in [0.29, 0.717) is 25.5 Å². The predicted molar refractivity (Wildman–Crippen MR) is 59.2 cm³/mol. The maximum atomic E-state index is 11.4. The zero-order valence-corrected chi connectivity index (χ0v) is 9.58. The van der Waals surface area contributed by atoms with E-state index in [9.17, 15) is 4.79 Å². The van der Waals surface area contributed by atoms with E-state index in [4.69, 9.17) is 9.26 Å². The molecule has 5 nitrogen and oxygen atoms in total. The van der Waals surface area contributed by atoms with E-state index in [1.165, 1.54) is 0 Å². The van der Waals surface area contributed by atoms with Gasteiger partial charge in [-0.15, -0.1) is 0 Å². The van der Waals surface area contributed by atoms with Gasteiger partial charge in [0.25, 0.3) is 5.91 Å². The van der Waals surface area contributed by atoms with Crippen LogP contribution in [-0.4, -0.2) is 30.8 Å². The molecule has 1 amide bonds. The molecule has 1 aromatic rings. The highest BCUT2D eigenvalue weighted by molar-refractivity contribution is 5.92. The van der Waals surface area contributed by atoms with Crippen LogP contribution in [0.4, 0.5) is 0 Å². The van der Waals surface area contributed by atoms with Crippen LogP contribution in [0.3, 0.4) is 0 Å². The minimum atomic E-state index is -0.254. The van der Waals surface area contributed by atoms with Gasteiger partial charge >= 0.3 is 0 Å². The number of nitrogens with zero attached hydrogens (tertiary/aromatic N) is 1. The molecule has 88 valence electrons. The lowest BCUT2D eigenvalue weighted by atomic mass is 10.3. The molecule has 0 bridgehead atoms. The van der Waals surface area contributed by atoms with Crippen LogP contribution in [0.1, 0.15) is 23.2 Å². The second kappa shape index (κ2) is 6.07. The van der Waals surface area contributed by atoms with Gasteiger partial charge in [-0.3, -0.25) is 4.79 Å². The molecule has 0 aliphatic rings. The van der Waals surface area contributed by atoms with Gasteiger partial charge in [0.15, 0.2) is 5.69 Å². The Labute approximate surface area is 94.5 Å². The highest BCUT2D eigenvalue weighted by atomic mass is 16.5. The maximum Gasteiger partial charge on any atom is 0.273 e. The Hall–Kier alpha value is -1.62. The van der Waals surface area contributed by atoms with Gasteiger partial charge in [-0.2, -0.15) is 0 Å². The first-order valence-electron chi connectivity index (χ1n) is 5.03. The second-order valence-electron chi connectivity index (χ2n) is 3.59. The molecule has 0 unspecified atom stereocenters. The summed E-state index contributed by atoms with van der Waals surface area (Å²) in [5.74, 6) is 0.361. The third-order valence-corrected chi connectivity index (χ3v) is 1.74. The number of rotatable bonds is 6. The van der Waals surface area contributed by atoms with Crippen molar-refractivity contribution in [1.82, 2.24) is 10.5 Å². The summed E-state index contributed by atoms with van der Waals surface area (Å²) in [6, 6.07) is 1.59. The molecule has 1 rings (SSSR count). The molecule has 16 heavy (non-hydrogen) atoms. The van der Waals surface area contributed by atoms with E-state index in [0.717, 1.165) is 5.57 Å². The molecule has 0 fully saturated rings. The van der Waals surface area contributed by atoms with Gasteiger partial charge in [0, 0.05) is 12.6 Å². The number of amides is 1. The zero-order valence-electron chi connectivity index (χ0n) is 9.58. The van der Waals surface area contributed by atoms with Gasteiger partial charge in [-0.05, 0) is 13.8 Å². The van der Waals surface area contributed by atoms with Crippen LogP contribution in [0.25, 0.3) is 0 Å². The fraction of sp³-hybridized carbons (Fsp3) is 0.455. The van der Waals surface area contributed by atoms with E-state index in [2.05, 4.69) is 17.1 Å². The van der Waals surface area contributed by atoms with Gasteiger partial charge in [0.1, 0.15) is 5.76 Å². The quantitative estimate of drug-likeness (QED) is 0.584. The SMILES string of the molecule is C=C(C)COCCNC(=O)c1cc(C)on1. The normalized spacial score (nSPS) is 10.1. The Balaban J connectivity index is 2.18.